The minimum atomic E-state index is -4.19. The first kappa shape index (κ1) is 23.2. The summed E-state index contributed by atoms with van der Waals surface area (Å²) in [6.07, 6.45) is 0. The SMILES string of the molecule is COc1cc(C(=O)O)c(F)cc1NS(=O)(=O)c1csc(C#Cc2ccc(C(C)C)cc2)n1. The summed E-state index contributed by atoms with van der Waals surface area (Å²) < 4.78 is 46.6. The van der Waals surface area contributed by atoms with Crippen LogP contribution < -0.4 is 9.46 Å². The van der Waals surface area contributed by atoms with E-state index in [1.807, 2.05) is 24.3 Å². The summed E-state index contributed by atoms with van der Waals surface area (Å²) in [5, 5.41) is 10.3. The maximum atomic E-state index is 14.0. The van der Waals surface area contributed by atoms with Crippen LogP contribution in [0.15, 0.2) is 46.8 Å². The Morgan fingerprint density at radius 3 is 2.50 bits per heavy atom. The molecule has 0 aliphatic heterocycles. The summed E-state index contributed by atoms with van der Waals surface area (Å²) in [7, 11) is -2.98. The van der Waals surface area contributed by atoms with Crippen molar-refractivity contribution in [2.45, 2.75) is 24.8 Å². The van der Waals surface area contributed by atoms with Crippen LogP contribution in [0.2, 0.25) is 0 Å². The molecule has 0 fully saturated rings. The van der Waals surface area contributed by atoms with E-state index in [-0.39, 0.29) is 21.5 Å². The lowest BCUT2D eigenvalue weighted by Gasteiger charge is -2.12. The zero-order chi connectivity index (χ0) is 23.5. The van der Waals surface area contributed by atoms with E-state index in [0.29, 0.717) is 5.92 Å². The largest absolute Gasteiger partial charge is 0.495 e. The Hall–Kier alpha value is -3.42. The summed E-state index contributed by atoms with van der Waals surface area (Å²) in [5.74, 6) is 3.42. The predicted octanol–water partition coefficient (Wildman–Crippen LogP) is 4.31. The van der Waals surface area contributed by atoms with Crippen LogP contribution in [0.25, 0.3) is 0 Å². The van der Waals surface area contributed by atoms with Crippen molar-refractivity contribution in [1.29, 1.82) is 0 Å². The molecule has 0 spiro atoms. The van der Waals surface area contributed by atoms with Gasteiger partial charge in [-0.25, -0.2) is 14.2 Å². The van der Waals surface area contributed by atoms with E-state index in [2.05, 4.69) is 35.4 Å². The molecule has 1 heterocycles. The fraction of sp³-hybridized carbons (Fsp3) is 0.182. The molecule has 0 unspecified atom stereocenters. The highest BCUT2D eigenvalue weighted by molar-refractivity contribution is 7.92. The molecule has 2 aromatic carbocycles. The van der Waals surface area contributed by atoms with Gasteiger partial charge in [0, 0.05) is 17.0 Å². The van der Waals surface area contributed by atoms with Crippen LogP contribution in [0.5, 0.6) is 5.75 Å². The maximum absolute atomic E-state index is 14.0. The van der Waals surface area contributed by atoms with E-state index >= 15 is 0 Å². The molecule has 1 aromatic heterocycles. The minimum Gasteiger partial charge on any atom is -0.495 e. The third kappa shape index (κ3) is 5.25. The second-order valence-corrected chi connectivity index (χ2v) is 9.45. The summed E-state index contributed by atoms with van der Waals surface area (Å²) >= 11 is 1.05. The third-order valence-corrected chi connectivity index (χ3v) is 6.57. The van der Waals surface area contributed by atoms with E-state index in [9.17, 15) is 17.6 Å². The van der Waals surface area contributed by atoms with Crippen LogP contribution in [-0.2, 0) is 10.0 Å². The van der Waals surface area contributed by atoms with Gasteiger partial charge < -0.3 is 9.84 Å². The number of hydrogen-bond donors (Lipinski definition) is 2. The highest BCUT2D eigenvalue weighted by Crippen LogP contribution is 2.30. The zero-order valence-corrected chi connectivity index (χ0v) is 19.0. The van der Waals surface area contributed by atoms with E-state index in [4.69, 9.17) is 9.84 Å². The molecule has 0 amide bonds. The van der Waals surface area contributed by atoms with Crippen molar-refractivity contribution < 1.29 is 27.4 Å². The van der Waals surface area contributed by atoms with Gasteiger partial charge in [-0.05, 0) is 35.6 Å². The fourth-order valence-corrected chi connectivity index (χ4v) is 4.68. The van der Waals surface area contributed by atoms with Crippen LogP contribution in [0, 0.1) is 17.7 Å². The number of aromatic nitrogens is 1. The lowest BCUT2D eigenvalue weighted by Crippen LogP contribution is -2.15. The van der Waals surface area contributed by atoms with Gasteiger partial charge in [-0.15, -0.1) is 11.3 Å². The highest BCUT2D eigenvalue weighted by atomic mass is 32.2. The first-order valence-electron chi connectivity index (χ1n) is 9.32. The van der Waals surface area contributed by atoms with Crippen LogP contribution in [0.1, 0.15) is 46.3 Å². The number of carboxylic acid groups (broad SMARTS) is 1. The number of ether oxygens (including phenoxy) is 1. The molecule has 3 rings (SSSR count). The van der Waals surface area contributed by atoms with Gasteiger partial charge in [0.1, 0.15) is 11.6 Å². The quantitative estimate of drug-likeness (QED) is 0.516. The van der Waals surface area contributed by atoms with Crippen LogP contribution in [0.4, 0.5) is 10.1 Å². The number of nitrogens with zero attached hydrogens (tertiary/aromatic N) is 1. The molecule has 0 aliphatic carbocycles. The summed E-state index contributed by atoms with van der Waals surface area (Å²) in [4.78, 5) is 15.1. The molecule has 0 saturated heterocycles. The van der Waals surface area contributed by atoms with Gasteiger partial charge in [0.25, 0.3) is 10.0 Å². The van der Waals surface area contributed by atoms with Gasteiger partial charge in [0.2, 0.25) is 0 Å². The molecule has 0 radical (unpaired) electrons. The Bertz CT molecular complexity index is 1320. The van der Waals surface area contributed by atoms with Crippen LogP contribution in [0.3, 0.4) is 0 Å². The number of anilines is 1. The van der Waals surface area contributed by atoms with Gasteiger partial charge >= 0.3 is 5.97 Å². The molecular formula is C22H19FN2O5S2. The number of rotatable bonds is 6. The highest BCUT2D eigenvalue weighted by Gasteiger charge is 2.22. The standard InChI is InChI=1S/C22H19FN2O5S2/c1-13(2)15-7-4-14(5-8-15)6-9-20-24-21(12-31-20)32(28,29)25-18-11-17(23)16(22(26)27)10-19(18)30-3/h4-5,7-8,10-13,25H,1-3H3,(H,26,27). The maximum Gasteiger partial charge on any atom is 0.338 e. The summed E-state index contributed by atoms with van der Waals surface area (Å²) in [6.45, 7) is 4.19. The molecule has 7 nitrogen and oxygen atoms in total. The number of benzene rings is 2. The molecule has 3 aromatic rings. The molecule has 0 atom stereocenters. The van der Waals surface area contributed by atoms with Gasteiger partial charge in [0.15, 0.2) is 10.0 Å². The fourth-order valence-electron chi connectivity index (χ4n) is 2.68. The monoisotopic (exact) mass is 474 g/mol. The Balaban J connectivity index is 1.83. The number of methoxy groups -OCH3 is 1. The third-order valence-electron chi connectivity index (χ3n) is 4.41. The second kappa shape index (κ2) is 9.38. The lowest BCUT2D eigenvalue weighted by atomic mass is 10.0. The van der Waals surface area contributed by atoms with E-state index in [1.54, 1.807) is 0 Å². The molecule has 32 heavy (non-hydrogen) atoms. The number of nitrogens with one attached hydrogen (secondary N) is 1. The molecule has 0 saturated carbocycles. The smallest absolute Gasteiger partial charge is 0.338 e. The zero-order valence-electron chi connectivity index (χ0n) is 17.3. The average Bonchev–Trinajstić information content (AvgIpc) is 3.22. The molecule has 0 bridgehead atoms. The molecular weight excluding hydrogens is 455 g/mol. The first-order chi connectivity index (χ1) is 15.1. The van der Waals surface area contributed by atoms with Gasteiger partial charge in [-0.3, -0.25) is 4.72 Å². The number of halogens is 1. The Labute approximate surface area is 189 Å². The Morgan fingerprint density at radius 2 is 1.91 bits per heavy atom. The number of carboxylic acids is 1. The van der Waals surface area contributed by atoms with Crippen LogP contribution >= 0.6 is 11.3 Å². The topological polar surface area (TPSA) is 106 Å². The number of hydrogen-bond acceptors (Lipinski definition) is 6. The van der Waals surface area contributed by atoms with Crippen molar-refractivity contribution in [3.63, 3.8) is 0 Å². The number of sulfonamides is 1. The normalized spacial score (nSPS) is 11.0. The molecule has 0 aliphatic rings. The summed E-state index contributed by atoms with van der Waals surface area (Å²) in [5.41, 5.74) is 1.07. The average molecular weight is 475 g/mol. The summed E-state index contributed by atoms with van der Waals surface area (Å²) in [6, 6.07) is 9.39. The first-order valence-corrected chi connectivity index (χ1v) is 11.7. The number of aromatic carboxylic acids is 1. The van der Waals surface area contributed by atoms with E-state index in [1.165, 1.54) is 18.1 Å². The molecule has 2 N–H and O–H groups in total. The van der Waals surface area contributed by atoms with Crippen LogP contribution in [-0.4, -0.2) is 31.6 Å². The Kier molecular flexibility index (Phi) is 6.81. The second-order valence-electron chi connectivity index (χ2n) is 6.96. The minimum absolute atomic E-state index is 0.146. The van der Waals surface area contributed by atoms with Gasteiger partial charge in [0.05, 0.1) is 18.4 Å². The van der Waals surface area contributed by atoms with Gasteiger partial charge in [-0.1, -0.05) is 31.9 Å². The van der Waals surface area contributed by atoms with Crippen molar-refractivity contribution in [2.24, 2.45) is 0 Å². The van der Waals surface area contributed by atoms with Gasteiger partial charge in [-0.2, -0.15) is 8.42 Å². The van der Waals surface area contributed by atoms with E-state index in [0.717, 1.165) is 29.0 Å². The lowest BCUT2D eigenvalue weighted by molar-refractivity contribution is 0.0691. The van der Waals surface area contributed by atoms with E-state index < -0.39 is 27.4 Å². The van der Waals surface area contributed by atoms with Crippen molar-refractivity contribution in [3.8, 4) is 17.6 Å². The predicted molar refractivity (Wildman–Crippen MR) is 119 cm³/mol. The van der Waals surface area contributed by atoms with Crippen molar-refractivity contribution in [3.05, 3.63) is 69.3 Å². The van der Waals surface area contributed by atoms with Crippen molar-refractivity contribution in [2.75, 3.05) is 11.8 Å². The molecule has 166 valence electrons. The number of carbonyl (C=O) groups is 1. The van der Waals surface area contributed by atoms with Crippen molar-refractivity contribution in [1.82, 2.24) is 4.98 Å². The number of thiazole rings is 1. The molecule has 10 heteroatoms. The van der Waals surface area contributed by atoms with Crippen molar-refractivity contribution >= 4 is 33.0 Å². The Morgan fingerprint density at radius 1 is 1.22 bits per heavy atom.